The molecule has 0 aromatic heterocycles. The van der Waals surface area contributed by atoms with E-state index in [0.29, 0.717) is 0 Å². The summed E-state index contributed by atoms with van der Waals surface area (Å²) in [5.41, 5.74) is 0.0620. The summed E-state index contributed by atoms with van der Waals surface area (Å²) in [5.74, 6) is 0. The quantitative estimate of drug-likeness (QED) is 0.535. The van der Waals surface area contributed by atoms with Crippen molar-refractivity contribution >= 4 is 0 Å². The van der Waals surface area contributed by atoms with Crippen LogP contribution in [0.4, 0.5) is 0 Å². The molecule has 0 aliphatic carbocycles. The minimum absolute atomic E-state index is 0.0620. The first-order valence-corrected chi connectivity index (χ1v) is 4.38. The summed E-state index contributed by atoms with van der Waals surface area (Å²) in [7, 11) is 2.17. The van der Waals surface area contributed by atoms with Crippen molar-refractivity contribution in [3.05, 3.63) is 0 Å². The molecule has 0 bridgehead atoms. The van der Waals surface area contributed by atoms with Gasteiger partial charge in [0.25, 0.3) is 0 Å². The maximum atomic E-state index is 5.69. The third-order valence-corrected chi connectivity index (χ3v) is 2.72. The van der Waals surface area contributed by atoms with Gasteiger partial charge in [0, 0.05) is 32.5 Å². The molecule has 0 saturated carbocycles. The zero-order chi connectivity index (χ0) is 7.73. The normalized spacial score (nSPS) is 31.4. The Hall–Kier alpha value is -0.120. The summed E-state index contributed by atoms with van der Waals surface area (Å²) < 4.78 is 5.69. The fourth-order valence-corrected chi connectivity index (χ4v) is 1.88. The van der Waals surface area contributed by atoms with Crippen LogP contribution >= 0.6 is 0 Å². The van der Waals surface area contributed by atoms with Gasteiger partial charge < -0.3 is 9.64 Å². The van der Waals surface area contributed by atoms with Crippen LogP contribution in [0, 0.1) is 0 Å². The molecule has 2 fully saturated rings. The second kappa shape index (κ2) is 2.73. The summed E-state index contributed by atoms with van der Waals surface area (Å²) in [5, 5.41) is 3.44. The highest BCUT2D eigenvalue weighted by Crippen LogP contribution is 2.25. The Bertz CT molecular complexity index is 133. The summed E-state index contributed by atoms with van der Waals surface area (Å²) in [6, 6.07) is 0. The van der Waals surface area contributed by atoms with E-state index in [2.05, 4.69) is 17.3 Å². The highest BCUT2D eigenvalue weighted by molar-refractivity contribution is 4.87. The van der Waals surface area contributed by atoms with Crippen molar-refractivity contribution in [2.24, 2.45) is 0 Å². The largest absolute Gasteiger partial charge is 0.359 e. The number of rotatable bonds is 0. The molecule has 2 rings (SSSR count). The molecule has 1 N–H and O–H groups in total. The van der Waals surface area contributed by atoms with E-state index in [0.717, 1.165) is 39.1 Å². The molecular formula is C8H16N2O. The molecular weight excluding hydrogens is 140 g/mol. The Labute approximate surface area is 67.7 Å². The molecule has 2 aliphatic heterocycles. The van der Waals surface area contributed by atoms with Crippen LogP contribution in [0.15, 0.2) is 0 Å². The lowest BCUT2D eigenvalue weighted by Gasteiger charge is -2.36. The Morgan fingerprint density at radius 2 is 2.09 bits per heavy atom. The van der Waals surface area contributed by atoms with Crippen molar-refractivity contribution < 1.29 is 4.74 Å². The van der Waals surface area contributed by atoms with E-state index in [1.807, 2.05) is 0 Å². The van der Waals surface area contributed by atoms with Crippen molar-refractivity contribution in [3.63, 3.8) is 0 Å². The van der Waals surface area contributed by atoms with E-state index in [1.165, 1.54) is 0 Å². The number of hydrogen-bond donors (Lipinski definition) is 1. The first kappa shape index (κ1) is 7.53. The van der Waals surface area contributed by atoms with Gasteiger partial charge in [-0.15, -0.1) is 0 Å². The molecule has 2 aliphatic rings. The highest BCUT2D eigenvalue weighted by Gasteiger charge is 2.36. The predicted molar refractivity (Wildman–Crippen MR) is 43.4 cm³/mol. The number of ether oxygens (including phenoxy) is 1. The maximum absolute atomic E-state index is 5.69. The van der Waals surface area contributed by atoms with Gasteiger partial charge in [-0.1, -0.05) is 0 Å². The molecule has 0 atom stereocenters. The lowest BCUT2D eigenvalue weighted by Crippen LogP contribution is -2.49. The van der Waals surface area contributed by atoms with E-state index in [4.69, 9.17) is 4.74 Å². The van der Waals surface area contributed by atoms with E-state index in [9.17, 15) is 0 Å². The van der Waals surface area contributed by atoms with Crippen LogP contribution in [0.2, 0.25) is 0 Å². The van der Waals surface area contributed by atoms with Crippen LogP contribution < -0.4 is 5.32 Å². The fraction of sp³-hybridized carbons (Fsp3) is 1.00. The van der Waals surface area contributed by atoms with Crippen LogP contribution in [0.1, 0.15) is 12.8 Å². The lowest BCUT2D eigenvalue weighted by molar-refractivity contribution is -0.0523. The third-order valence-electron chi connectivity index (χ3n) is 2.72. The molecule has 64 valence electrons. The van der Waals surface area contributed by atoms with Crippen molar-refractivity contribution in [1.29, 1.82) is 0 Å². The monoisotopic (exact) mass is 156 g/mol. The summed E-state index contributed by atoms with van der Waals surface area (Å²) in [6.45, 7) is 4.24. The highest BCUT2D eigenvalue weighted by atomic mass is 16.5. The van der Waals surface area contributed by atoms with Gasteiger partial charge in [-0.05, 0) is 7.05 Å². The first-order valence-electron chi connectivity index (χ1n) is 4.38. The average molecular weight is 156 g/mol. The van der Waals surface area contributed by atoms with Crippen LogP contribution in [-0.4, -0.2) is 43.9 Å². The topological polar surface area (TPSA) is 24.5 Å². The SMILES string of the molecule is CN1CCC2(CC1)NCCO2. The van der Waals surface area contributed by atoms with Gasteiger partial charge in [0.05, 0.1) is 6.61 Å². The van der Waals surface area contributed by atoms with Crippen LogP contribution in [0.5, 0.6) is 0 Å². The first-order chi connectivity index (χ1) is 5.31. The summed E-state index contributed by atoms with van der Waals surface area (Å²) >= 11 is 0. The average Bonchev–Trinajstić information content (AvgIpc) is 2.45. The zero-order valence-corrected chi connectivity index (χ0v) is 7.10. The van der Waals surface area contributed by atoms with E-state index < -0.39 is 0 Å². The Kier molecular flexibility index (Phi) is 1.87. The molecule has 2 saturated heterocycles. The van der Waals surface area contributed by atoms with Gasteiger partial charge in [0.15, 0.2) is 0 Å². The minimum atomic E-state index is 0.0620. The number of nitrogens with one attached hydrogen (secondary N) is 1. The second-order valence-electron chi connectivity index (χ2n) is 3.57. The Morgan fingerprint density at radius 1 is 1.36 bits per heavy atom. The molecule has 0 unspecified atom stereocenters. The van der Waals surface area contributed by atoms with E-state index in [1.54, 1.807) is 0 Å². The smallest absolute Gasteiger partial charge is 0.121 e. The van der Waals surface area contributed by atoms with Crippen molar-refractivity contribution in [3.8, 4) is 0 Å². The van der Waals surface area contributed by atoms with Crippen LogP contribution in [-0.2, 0) is 4.74 Å². The standard InChI is InChI=1S/C8H16N2O/c1-10-5-2-8(3-6-10)9-4-7-11-8/h9H,2-7H2,1H3. The molecule has 1 spiro atoms. The summed E-state index contributed by atoms with van der Waals surface area (Å²) in [4.78, 5) is 2.36. The fourth-order valence-electron chi connectivity index (χ4n) is 1.88. The third kappa shape index (κ3) is 1.41. The molecule has 0 aromatic carbocycles. The lowest BCUT2D eigenvalue weighted by atomic mass is 10.0. The van der Waals surface area contributed by atoms with Crippen molar-refractivity contribution in [1.82, 2.24) is 10.2 Å². The molecule has 2 heterocycles. The Balaban J connectivity index is 1.94. The van der Waals surface area contributed by atoms with Crippen molar-refractivity contribution in [2.45, 2.75) is 18.6 Å². The summed E-state index contributed by atoms with van der Waals surface area (Å²) in [6.07, 6.45) is 2.28. The van der Waals surface area contributed by atoms with Gasteiger partial charge in [0.2, 0.25) is 0 Å². The van der Waals surface area contributed by atoms with E-state index >= 15 is 0 Å². The predicted octanol–water partition coefficient (Wildman–Crippen LogP) is 0.0281. The van der Waals surface area contributed by atoms with Gasteiger partial charge in [0.1, 0.15) is 5.72 Å². The van der Waals surface area contributed by atoms with E-state index in [-0.39, 0.29) is 5.72 Å². The van der Waals surface area contributed by atoms with Crippen LogP contribution in [0.25, 0.3) is 0 Å². The molecule has 3 heteroatoms. The molecule has 11 heavy (non-hydrogen) atoms. The number of nitrogens with zero attached hydrogens (tertiary/aromatic N) is 1. The van der Waals surface area contributed by atoms with Gasteiger partial charge in [-0.3, -0.25) is 5.32 Å². The maximum Gasteiger partial charge on any atom is 0.121 e. The second-order valence-corrected chi connectivity index (χ2v) is 3.57. The molecule has 3 nitrogen and oxygen atoms in total. The number of hydrogen-bond acceptors (Lipinski definition) is 3. The molecule has 0 aromatic rings. The number of likely N-dealkylation sites (tertiary alicyclic amines) is 1. The van der Waals surface area contributed by atoms with Gasteiger partial charge >= 0.3 is 0 Å². The number of piperidine rings is 1. The van der Waals surface area contributed by atoms with Crippen LogP contribution in [0.3, 0.4) is 0 Å². The van der Waals surface area contributed by atoms with Gasteiger partial charge in [-0.2, -0.15) is 0 Å². The minimum Gasteiger partial charge on any atom is -0.359 e. The van der Waals surface area contributed by atoms with Crippen molar-refractivity contribution in [2.75, 3.05) is 33.3 Å². The molecule has 0 radical (unpaired) electrons. The zero-order valence-electron chi connectivity index (χ0n) is 7.10. The molecule has 0 amide bonds. The van der Waals surface area contributed by atoms with Gasteiger partial charge in [-0.25, -0.2) is 0 Å². The Morgan fingerprint density at radius 3 is 2.64 bits per heavy atom.